The van der Waals surface area contributed by atoms with E-state index in [4.69, 9.17) is 9.47 Å². The molecule has 0 radical (unpaired) electrons. The van der Waals surface area contributed by atoms with Crippen LogP contribution in [-0.4, -0.2) is 82.1 Å². The molecule has 0 unspecified atom stereocenters. The van der Waals surface area contributed by atoms with E-state index in [2.05, 4.69) is 5.32 Å². The molecule has 2 N–H and O–H groups in total. The van der Waals surface area contributed by atoms with Crippen molar-refractivity contribution in [3.05, 3.63) is 96.1 Å². The van der Waals surface area contributed by atoms with Gasteiger partial charge in [0.15, 0.2) is 0 Å². The number of aliphatic hydroxyl groups is 1. The predicted molar refractivity (Wildman–Crippen MR) is 164 cm³/mol. The standard InChI is InChI=1S/C35H39N3O7/c1-2-25(22-39)38-31-33(42)37(21-23-12-5-3-6-13-23)19-11-18-35(31)30(32(38)41)29-26(45-35)16-9-10-17-28(40)36-20-27(44-34(29)43)24-14-7-4-8-15-24/h3-9,11-16,18,25-27,29-31,39H,2,10,17,19-22H2,1H3,(H,36,40)/b16-9-/t25-,26-,27+,29+,30+,31-,35+/m0/s1. The summed E-state index contributed by atoms with van der Waals surface area (Å²) in [7, 11) is 0. The Kier molecular flexibility index (Phi) is 8.87. The summed E-state index contributed by atoms with van der Waals surface area (Å²) < 4.78 is 12.8. The lowest BCUT2D eigenvalue weighted by atomic mass is 9.78. The molecule has 1 spiro atoms. The van der Waals surface area contributed by atoms with Crippen molar-refractivity contribution in [2.24, 2.45) is 11.8 Å². The van der Waals surface area contributed by atoms with Crippen LogP contribution in [0.25, 0.3) is 0 Å². The first-order valence-corrected chi connectivity index (χ1v) is 15.7. The lowest BCUT2D eigenvalue weighted by molar-refractivity contribution is -0.160. The zero-order valence-electron chi connectivity index (χ0n) is 25.3. The smallest absolute Gasteiger partial charge is 0.313 e. The number of carbonyl (C=O) groups is 4. The Morgan fingerprint density at radius 1 is 1.00 bits per heavy atom. The molecule has 10 heteroatoms. The van der Waals surface area contributed by atoms with E-state index in [9.17, 15) is 24.3 Å². The van der Waals surface area contributed by atoms with Crippen molar-refractivity contribution < 1.29 is 33.8 Å². The second kappa shape index (κ2) is 13.0. The van der Waals surface area contributed by atoms with Gasteiger partial charge in [0.1, 0.15) is 23.7 Å². The highest BCUT2D eigenvalue weighted by Crippen LogP contribution is 2.54. The number of likely N-dealkylation sites (tertiary alicyclic amines) is 1. The first-order chi connectivity index (χ1) is 21.9. The van der Waals surface area contributed by atoms with E-state index >= 15 is 0 Å². The molecule has 0 aliphatic carbocycles. The number of carbonyl (C=O) groups excluding carboxylic acids is 4. The van der Waals surface area contributed by atoms with Crippen LogP contribution in [0.15, 0.2) is 85.0 Å². The van der Waals surface area contributed by atoms with E-state index in [-0.39, 0.29) is 31.4 Å². The van der Waals surface area contributed by atoms with Gasteiger partial charge in [-0.05, 0) is 24.0 Å². The van der Waals surface area contributed by atoms with E-state index in [1.54, 1.807) is 23.1 Å². The Morgan fingerprint density at radius 2 is 1.73 bits per heavy atom. The fourth-order valence-corrected chi connectivity index (χ4v) is 7.15. The first kappa shape index (κ1) is 30.7. The number of allylic oxidation sites excluding steroid dienone is 1. The van der Waals surface area contributed by atoms with Crippen LogP contribution in [0.3, 0.4) is 0 Å². The van der Waals surface area contributed by atoms with Gasteiger partial charge in [0, 0.05) is 19.5 Å². The third-order valence-electron chi connectivity index (χ3n) is 9.36. The minimum Gasteiger partial charge on any atom is -0.455 e. The normalized spacial score (nSPS) is 31.5. The van der Waals surface area contributed by atoms with Crippen molar-refractivity contribution in [3.8, 4) is 0 Å². The molecule has 2 fully saturated rings. The Hall–Kier alpha value is -4.28. The van der Waals surface area contributed by atoms with Gasteiger partial charge in [-0.2, -0.15) is 0 Å². The van der Waals surface area contributed by atoms with Gasteiger partial charge in [-0.15, -0.1) is 0 Å². The molecule has 3 amide bonds. The van der Waals surface area contributed by atoms with E-state index < -0.39 is 53.6 Å². The number of esters is 1. The van der Waals surface area contributed by atoms with Crippen LogP contribution >= 0.6 is 0 Å². The zero-order valence-corrected chi connectivity index (χ0v) is 25.3. The molecular weight excluding hydrogens is 574 g/mol. The van der Waals surface area contributed by atoms with Gasteiger partial charge < -0.3 is 29.7 Å². The minimum atomic E-state index is -1.46. The molecule has 45 heavy (non-hydrogen) atoms. The highest BCUT2D eigenvalue weighted by atomic mass is 16.6. The summed E-state index contributed by atoms with van der Waals surface area (Å²) in [5.74, 6) is -3.67. The highest BCUT2D eigenvalue weighted by molar-refractivity contribution is 5.99. The fourth-order valence-electron chi connectivity index (χ4n) is 7.15. The Labute approximate surface area is 262 Å². The van der Waals surface area contributed by atoms with Crippen molar-refractivity contribution in [2.75, 3.05) is 19.7 Å². The van der Waals surface area contributed by atoms with Crippen LogP contribution in [0.4, 0.5) is 0 Å². The van der Waals surface area contributed by atoms with Crippen molar-refractivity contribution >= 4 is 23.7 Å². The van der Waals surface area contributed by atoms with Crippen LogP contribution in [0.1, 0.15) is 43.4 Å². The molecule has 236 valence electrons. The molecule has 7 atom stereocenters. The Balaban J connectivity index is 1.42. The lowest BCUT2D eigenvalue weighted by Gasteiger charge is -2.38. The van der Waals surface area contributed by atoms with Crippen molar-refractivity contribution in [3.63, 3.8) is 0 Å². The summed E-state index contributed by atoms with van der Waals surface area (Å²) >= 11 is 0. The maximum Gasteiger partial charge on any atom is 0.313 e. The van der Waals surface area contributed by atoms with Gasteiger partial charge in [-0.1, -0.05) is 91.9 Å². The van der Waals surface area contributed by atoms with Gasteiger partial charge in [0.2, 0.25) is 17.7 Å². The number of fused-ring (bicyclic) bond motifs is 2. The Morgan fingerprint density at radius 3 is 2.44 bits per heavy atom. The molecule has 6 rings (SSSR count). The highest BCUT2D eigenvalue weighted by Gasteiger charge is 2.72. The van der Waals surface area contributed by atoms with Crippen LogP contribution in [0, 0.1) is 11.8 Å². The molecule has 2 aromatic carbocycles. The van der Waals surface area contributed by atoms with Crippen molar-refractivity contribution in [2.45, 2.75) is 62.6 Å². The zero-order chi connectivity index (χ0) is 31.6. The summed E-state index contributed by atoms with van der Waals surface area (Å²) in [5.41, 5.74) is 0.179. The molecule has 10 nitrogen and oxygen atoms in total. The topological polar surface area (TPSA) is 125 Å². The SMILES string of the molecule is CC[C@@H](CO)N1C(=O)[C@H]2[C@@H]3C(=O)O[C@@H](c4ccccc4)CNC(=O)CC/C=C\[C@@H]3O[C@]23C=CCN(Cc2ccccc2)C(=O)[C@H]13. The largest absolute Gasteiger partial charge is 0.455 e. The number of amides is 3. The number of hydrogen-bond donors (Lipinski definition) is 2. The number of rotatable bonds is 6. The second-order valence-corrected chi connectivity index (χ2v) is 12.0. The Bertz CT molecular complexity index is 1470. The number of nitrogens with one attached hydrogen (secondary N) is 1. The second-order valence-electron chi connectivity index (χ2n) is 12.0. The van der Waals surface area contributed by atoms with Crippen LogP contribution in [-0.2, 0) is 35.2 Å². The summed E-state index contributed by atoms with van der Waals surface area (Å²) in [6.45, 7) is 2.20. The van der Waals surface area contributed by atoms with E-state index in [0.29, 0.717) is 31.5 Å². The molecular formula is C35H39N3O7. The van der Waals surface area contributed by atoms with Crippen LogP contribution < -0.4 is 5.32 Å². The number of cyclic esters (lactones) is 1. The van der Waals surface area contributed by atoms with Crippen LogP contribution in [0.2, 0.25) is 0 Å². The molecule has 4 aliphatic heterocycles. The molecule has 2 saturated heterocycles. The lowest BCUT2D eigenvalue weighted by Crippen LogP contribution is -2.57. The predicted octanol–water partition coefficient (Wildman–Crippen LogP) is 2.69. The van der Waals surface area contributed by atoms with E-state index in [0.717, 1.165) is 5.56 Å². The molecule has 2 aromatic rings. The average Bonchev–Trinajstić information content (AvgIpc) is 3.45. The first-order valence-electron chi connectivity index (χ1n) is 15.7. The van der Waals surface area contributed by atoms with Crippen molar-refractivity contribution in [1.82, 2.24) is 15.1 Å². The number of benzene rings is 2. The monoisotopic (exact) mass is 613 g/mol. The number of hydrogen-bond acceptors (Lipinski definition) is 7. The molecule has 4 aliphatic rings. The molecule has 0 saturated carbocycles. The number of nitrogens with zero attached hydrogens (tertiary/aromatic N) is 2. The van der Waals surface area contributed by atoms with E-state index in [1.807, 2.05) is 73.7 Å². The van der Waals surface area contributed by atoms with Crippen molar-refractivity contribution in [1.29, 1.82) is 0 Å². The summed E-state index contributed by atoms with van der Waals surface area (Å²) in [6, 6.07) is 17.0. The summed E-state index contributed by atoms with van der Waals surface area (Å²) in [5, 5.41) is 13.2. The maximum absolute atomic E-state index is 14.5. The molecule has 4 heterocycles. The van der Waals surface area contributed by atoms with Gasteiger partial charge in [-0.3, -0.25) is 19.2 Å². The van der Waals surface area contributed by atoms with E-state index in [1.165, 1.54) is 4.90 Å². The minimum absolute atomic E-state index is 0.0737. The fraction of sp³-hybridized carbons (Fsp3) is 0.429. The van der Waals surface area contributed by atoms with Gasteiger partial charge in [0.25, 0.3) is 0 Å². The molecule has 0 aromatic heterocycles. The molecule has 0 bridgehead atoms. The number of ether oxygens (including phenoxy) is 2. The number of aliphatic hydroxyl groups excluding tert-OH is 1. The third kappa shape index (κ3) is 5.68. The maximum atomic E-state index is 14.5. The third-order valence-corrected chi connectivity index (χ3v) is 9.36. The quantitative estimate of drug-likeness (QED) is 0.379. The average molecular weight is 614 g/mol. The van der Waals surface area contributed by atoms with Gasteiger partial charge in [-0.25, -0.2) is 0 Å². The summed E-state index contributed by atoms with van der Waals surface area (Å²) in [4.78, 5) is 59.0. The van der Waals surface area contributed by atoms with Gasteiger partial charge >= 0.3 is 5.97 Å². The summed E-state index contributed by atoms with van der Waals surface area (Å²) in [6.07, 6.45) is 6.49. The van der Waals surface area contributed by atoms with Gasteiger partial charge in [0.05, 0.1) is 31.2 Å². The van der Waals surface area contributed by atoms with Crippen LogP contribution in [0.5, 0.6) is 0 Å².